The van der Waals surface area contributed by atoms with E-state index >= 15 is 0 Å². The molecule has 5 aromatic rings. The number of thiazole rings is 1. The minimum Gasteiger partial charge on any atom is -0.457 e. The fraction of sp³-hybridized carbons (Fsp3) is 0.0385. The van der Waals surface area contributed by atoms with Gasteiger partial charge in [-0.25, -0.2) is 4.98 Å². The molecule has 0 saturated carbocycles. The van der Waals surface area contributed by atoms with Gasteiger partial charge in [0.25, 0.3) is 5.91 Å². The van der Waals surface area contributed by atoms with Crippen molar-refractivity contribution in [2.75, 3.05) is 4.90 Å². The number of halogens is 1. The van der Waals surface area contributed by atoms with Gasteiger partial charge in [-0.1, -0.05) is 59.3 Å². The number of para-hydroxylation sites is 2. The maximum Gasteiger partial charge on any atom is 0.264 e. The van der Waals surface area contributed by atoms with E-state index in [1.807, 2.05) is 72.8 Å². The van der Waals surface area contributed by atoms with E-state index in [9.17, 15) is 4.79 Å². The Morgan fingerprint density at radius 2 is 1.73 bits per heavy atom. The van der Waals surface area contributed by atoms with E-state index in [1.54, 1.807) is 29.3 Å². The van der Waals surface area contributed by atoms with Crippen LogP contribution < -0.4 is 9.64 Å². The minimum absolute atomic E-state index is 0.225. The van der Waals surface area contributed by atoms with Crippen LogP contribution in [0.4, 0.5) is 5.13 Å². The van der Waals surface area contributed by atoms with Crippen LogP contribution in [0.15, 0.2) is 97.2 Å². The first-order valence-corrected chi connectivity index (χ1v) is 11.5. The van der Waals surface area contributed by atoms with Crippen LogP contribution in [0.25, 0.3) is 10.2 Å². The lowest BCUT2D eigenvalue weighted by molar-refractivity contribution is 0.0982. The molecule has 0 fully saturated rings. The number of amides is 1. The Hall–Kier alpha value is -3.74. The van der Waals surface area contributed by atoms with Crippen LogP contribution in [0.5, 0.6) is 11.5 Å². The summed E-state index contributed by atoms with van der Waals surface area (Å²) in [7, 11) is 0. The van der Waals surface area contributed by atoms with E-state index in [1.165, 1.54) is 11.3 Å². The third kappa shape index (κ3) is 4.72. The lowest BCUT2D eigenvalue weighted by Gasteiger charge is -2.21. The zero-order chi connectivity index (χ0) is 22.6. The molecule has 0 unspecified atom stereocenters. The van der Waals surface area contributed by atoms with E-state index in [0.717, 1.165) is 15.9 Å². The molecule has 3 aromatic carbocycles. The van der Waals surface area contributed by atoms with Crippen LogP contribution >= 0.6 is 22.9 Å². The first kappa shape index (κ1) is 21.1. The molecule has 2 heterocycles. The summed E-state index contributed by atoms with van der Waals surface area (Å²) in [6.45, 7) is 0.271. The molecular weight excluding hydrogens is 454 g/mol. The molecule has 162 valence electrons. The van der Waals surface area contributed by atoms with Crippen molar-refractivity contribution in [1.29, 1.82) is 0 Å². The van der Waals surface area contributed by atoms with Gasteiger partial charge < -0.3 is 4.74 Å². The van der Waals surface area contributed by atoms with Crippen LogP contribution in [0.3, 0.4) is 0 Å². The topological polar surface area (TPSA) is 55.3 Å². The van der Waals surface area contributed by atoms with Gasteiger partial charge in [0.05, 0.1) is 28.0 Å². The second-order valence-electron chi connectivity index (χ2n) is 7.23. The van der Waals surface area contributed by atoms with Gasteiger partial charge >= 0.3 is 0 Å². The van der Waals surface area contributed by atoms with Gasteiger partial charge in [0.1, 0.15) is 11.5 Å². The number of ether oxygens (including phenoxy) is 1. The van der Waals surface area contributed by atoms with Gasteiger partial charge in [0, 0.05) is 11.2 Å². The smallest absolute Gasteiger partial charge is 0.264 e. The summed E-state index contributed by atoms with van der Waals surface area (Å²) >= 11 is 7.58. The summed E-state index contributed by atoms with van der Waals surface area (Å²) in [6.07, 6.45) is 1.71. The van der Waals surface area contributed by atoms with Gasteiger partial charge in [-0.3, -0.25) is 14.7 Å². The molecule has 1 amide bonds. The zero-order valence-corrected chi connectivity index (χ0v) is 19.0. The lowest BCUT2D eigenvalue weighted by Crippen LogP contribution is -2.31. The standard InChI is InChI=1S/C26H18ClN3O2S/c27-18-13-14-22-24(16-18)33-26(29-22)30(17-19-8-6-7-15-28-19)25(31)21-11-4-5-12-23(21)32-20-9-2-1-3-10-20/h1-16H,17H2. The quantitative estimate of drug-likeness (QED) is 0.268. The molecule has 0 aliphatic heterocycles. The highest BCUT2D eigenvalue weighted by molar-refractivity contribution is 7.22. The third-order valence-electron chi connectivity index (χ3n) is 4.95. The van der Waals surface area contributed by atoms with Crippen molar-refractivity contribution in [3.8, 4) is 11.5 Å². The van der Waals surface area contributed by atoms with Crippen molar-refractivity contribution < 1.29 is 9.53 Å². The summed E-state index contributed by atoms with van der Waals surface area (Å²) in [5, 5.41) is 1.19. The number of pyridine rings is 1. The Morgan fingerprint density at radius 1 is 0.939 bits per heavy atom. The molecular formula is C26H18ClN3O2S. The van der Waals surface area contributed by atoms with E-state index < -0.39 is 0 Å². The van der Waals surface area contributed by atoms with E-state index in [0.29, 0.717) is 27.2 Å². The highest BCUT2D eigenvalue weighted by Crippen LogP contribution is 2.34. The number of nitrogens with zero attached hydrogens (tertiary/aromatic N) is 3. The van der Waals surface area contributed by atoms with Gasteiger partial charge in [0.2, 0.25) is 0 Å². The van der Waals surface area contributed by atoms with Crippen molar-refractivity contribution in [2.45, 2.75) is 6.54 Å². The van der Waals surface area contributed by atoms with Crippen LogP contribution in [-0.4, -0.2) is 15.9 Å². The summed E-state index contributed by atoms with van der Waals surface area (Å²) in [5.41, 5.74) is 1.98. The predicted octanol–water partition coefficient (Wildman–Crippen LogP) is 6.98. The SMILES string of the molecule is O=C(c1ccccc1Oc1ccccc1)N(Cc1ccccn1)c1nc2ccc(Cl)cc2s1. The Kier molecular flexibility index (Phi) is 6.02. The molecule has 0 spiro atoms. The van der Waals surface area contributed by atoms with Crippen LogP contribution in [-0.2, 0) is 6.54 Å². The van der Waals surface area contributed by atoms with Gasteiger partial charge in [-0.15, -0.1) is 0 Å². The monoisotopic (exact) mass is 471 g/mol. The summed E-state index contributed by atoms with van der Waals surface area (Å²) < 4.78 is 6.95. The molecule has 2 aromatic heterocycles. The number of hydrogen-bond donors (Lipinski definition) is 0. The number of hydrogen-bond acceptors (Lipinski definition) is 5. The molecule has 0 radical (unpaired) electrons. The van der Waals surface area contributed by atoms with Gasteiger partial charge in [-0.05, 0) is 54.6 Å². The third-order valence-corrected chi connectivity index (χ3v) is 6.23. The lowest BCUT2D eigenvalue weighted by atomic mass is 10.1. The van der Waals surface area contributed by atoms with Crippen molar-refractivity contribution in [2.24, 2.45) is 0 Å². The van der Waals surface area contributed by atoms with Crippen LogP contribution in [0.2, 0.25) is 5.02 Å². The fourth-order valence-electron chi connectivity index (χ4n) is 3.37. The molecule has 0 N–H and O–H groups in total. The highest BCUT2D eigenvalue weighted by Gasteiger charge is 2.25. The summed E-state index contributed by atoms with van der Waals surface area (Å²) in [6, 6.07) is 27.7. The number of fused-ring (bicyclic) bond motifs is 1. The summed E-state index contributed by atoms with van der Waals surface area (Å²) in [4.78, 5) is 24.6. The zero-order valence-electron chi connectivity index (χ0n) is 17.4. The number of anilines is 1. The minimum atomic E-state index is -0.225. The molecule has 33 heavy (non-hydrogen) atoms. The second-order valence-corrected chi connectivity index (χ2v) is 8.68. The first-order chi connectivity index (χ1) is 16.2. The fourth-order valence-corrected chi connectivity index (χ4v) is 4.61. The Bertz CT molecular complexity index is 1410. The predicted molar refractivity (Wildman–Crippen MR) is 132 cm³/mol. The Labute approximate surface area is 199 Å². The largest absolute Gasteiger partial charge is 0.457 e. The molecule has 5 rings (SSSR count). The molecule has 0 atom stereocenters. The number of benzene rings is 3. The summed E-state index contributed by atoms with van der Waals surface area (Å²) in [5.74, 6) is 0.907. The van der Waals surface area contributed by atoms with Crippen molar-refractivity contribution >= 4 is 44.2 Å². The average Bonchev–Trinajstić information content (AvgIpc) is 3.27. The normalized spacial score (nSPS) is 10.8. The molecule has 0 saturated heterocycles. The highest BCUT2D eigenvalue weighted by atomic mass is 35.5. The molecule has 0 aliphatic rings. The van der Waals surface area contributed by atoms with E-state index in [2.05, 4.69) is 4.98 Å². The van der Waals surface area contributed by atoms with E-state index in [-0.39, 0.29) is 12.5 Å². The number of carbonyl (C=O) groups excluding carboxylic acids is 1. The molecule has 5 nitrogen and oxygen atoms in total. The number of rotatable bonds is 6. The Morgan fingerprint density at radius 3 is 2.55 bits per heavy atom. The van der Waals surface area contributed by atoms with Crippen LogP contribution in [0.1, 0.15) is 16.1 Å². The van der Waals surface area contributed by atoms with Crippen molar-refractivity contribution in [3.63, 3.8) is 0 Å². The first-order valence-electron chi connectivity index (χ1n) is 10.3. The van der Waals surface area contributed by atoms with Crippen LogP contribution in [0, 0.1) is 0 Å². The van der Waals surface area contributed by atoms with Gasteiger partial charge in [-0.2, -0.15) is 0 Å². The van der Waals surface area contributed by atoms with E-state index in [4.69, 9.17) is 21.3 Å². The number of carbonyl (C=O) groups is 1. The number of aromatic nitrogens is 2. The Balaban J connectivity index is 1.56. The van der Waals surface area contributed by atoms with Crippen molar-refractivity contribution in [3.05, 3.63) is 113 Å². The average molecular weight is 472 g/mol. The van der Waals surface area contributed by atoms with Gasteiger partial charge in [0.15, 0.2) is 5.13 Å². The molecule has 0 bridgehead atoms. The maximum absolute atomic E-state index is 13.9. The molecule has 0 aliphatic carbocycles. The maximum atomic E-state index is 13.9. The second kappa shape index (κ2) is 9.40. The van der Waals surface area contributed by atoms with Crippen molar-refractivity contribution in [1.82, 2.24) is 9.97 Å². The molecule has 7 heteroatoms.